The molecule has 0 saturated heterocycles. The molecule has 0 unspecified atom stereocenters. The van der Waals surface area contributed by atoms with E-state index in [2.05, 4.69) is 15.5 Å². The van der Waals surface area contributed by atoms with Gasteiger partial charge in [-0.05, 0) is 18.6 Å². The molecule has 11 heteroatoms. The number of anilines is 1. The number of thiazole rings is 1. The molecule has 2 aromatic carbocycles. The molecule has 33 heavy (non-hydrogen) atoms. The van der Waals surface area contributed by atoms with Gasteiger partial charge in [0.25, 0.3) is 5.69 Å². The minimum atomic E-state index is -0.522. The number of aromatic nitrogens is 1. The van der Waals surface area contributed by atoms with Crippen molar-refractivity contribution in [2.24, 2.45) is 5.10 Å². The highest BCUT2D eigenvalue weighted by molar-refractivity contribution is 7.13. The number of nitro benzene ring substituents is 1. The Balaban J connectivity index is 1.75. The van der Waals surface area contributed by atoms with Crippen LogP contribution in [0.2, 0.25) is 0 Å². The van der Waals surface area contributed by atoms with Gasteiger partial charge in [-0.1, -0.05) is 30.3 Å². The van der Waals surface area contributed by atoms with E-state index in [0.717, 1.165) is 5.56 Å². The lowest BCUT2D eigenvalue weighted by molar-refractivity contribution is -0.385. The summed E-state index contributed by atoms with van der Waals surface area (Å²) in [5.41, 5.74) is 4.24. The van der Waals surface area contributed by atoms with Crippen molar-refractivity contribution >= 4 is 34.3 Å². The Labute approximate surface area is 194 Å². The van der Waals surface area contributed by atoms with E-state index in [0.29, 0.717) is 23.2 Å². The molecule has 1 heterocycles. The van der Waals surface area contributed by atoms with Crippen LogP contribution >= 0.6 is 11.3 Å². The van der Waals surface area contributed by atoms with Crippen molar-refractivity contribution in [3.05, 3.63) is 74.8 Å². The largest absolute Gasteiger partial charge is 0.493 e. The molecule has 0 spiro atoms. The van der Waals surface area contributed by atoms with Gasteiger partial charge in [0.05, 0.1) is 48.6 Å². The molecule has 0 amide bonds. The van der Waals surface area contributed by atoms with E-state index in [1.54, 1.807) is 12.3 Å². The van der Waals surface area contributed by atoms with Gasteiger partial charge in [-0.25, -0.2) is 4.98 Å². The molecule has 0 aliphatic heterocycles. The number of rotatable bonds is 11. The maximum atomic E-state index is 11.6. The number of benzene rings is 2. The lowest BCUT2D eigenvalue weighted by atomic mass is 10.1. The standard InChI is InChI=1S/C22H22N4O6S/c1-3-31-21(27)10-17-14-33-22(24-17)25-23-12-16-9-20(19(30-2)11-18(16)26(28)29)32-13-15-7-5-4-6-8-15/h4-9,11-12,14H,3,10,13H2,1-2H3,(H,24,25). The lowest BCUT2D eigenvalue weighted by Crippen LogP contribution is -2.07. The third-order valence-electron chi connectivity index (χ3n) is 4.29. The number of nitrogens with one attached hydrogen (secondary N) is 1. The number of hydrazone groups is 1. The molecular weight excluding hydrogens is 448 g/mol. The van der Waals surface area contributed by atoms with Crippen LogP contribution in [0, 0.1) is 10.1 Å². The van der Waals surface area contributed by atoms with Gasteiger partial charge in [0.2, 0.25) is 5.13 Å². The first-order valence-corrected chi connectivity index (χ1v) is 10.8. The minimum Gasteiger partial charge on any atom is -0.493 e. The summed E-state index contributed by atoms with van der Waals surface area (Å²) in [6.07, 6.45) is 1.36. The SMILES string of the molecule is CCOC(=O)Cc1csc(NN=Cc2cc(OCc3ccccc3)c(OC)cc2[N+](=O)[O-])n1. The Morgan fingerprint density at radius 1 is 1.27 bits per heavy atom. The van der Waals surface area contributed by atoms with Gasteiger partial charge in [0.1, 0.15) is 6.61 Å². The monoisotopic (exact) mass is 470 g/mol. The summed E-state index contributed by atoms with van der Waals surface area (Å²) in [5.74, 6) is 0.223. The smallest absolute Gasteiger partial charge is 0.311 e. The molecule has 1 aromatic heterocycles. The summed E-state index contributed by atoms with van der Waals surface area (Å²) < 4.78 is 16.0. The van der Waals surface area contributed by atoms with Crippen LogP contribution in [0.3, 0.4) is 0 Å². The highest BCUT2D eigenvalue weighted by Crippen LogP contribution is 2.34. The number of nitro groups is 1. The molecule has 0 aliphatic rings. The zero-order chi connectivity index (χ0) is 23.6. The number of nitrogens with zero attached hydrogens (tertiary/aromatic N) is 3. The van der Waals surface area contributed by atoms with E-state index < -0.39 is 4.92 Å². The number of hydrogen-bond donors (Lipinski definition) is 1. The molecule has 3 rings (SSSR count). The van der Waals surface area contributed by atoms with Gasteiger partial charge < -0.3 is 14.2 Å². The van der Waals surface area contributed by atoms with Crippen LogP contribution in [0.25, 0.3) is 0 Å². The van der Waals surface area contributed by atoms with Gasteiger partial charge in [0, 0.05) is 5.38 Å². The summed E-state index contributed by atoms with van der Waals surface area (Å²) in [6, 6.07) is 12.3. The molecule has 172 valence electrons. The van der Waals surface area contributed by atoms with Gasteiger partial charge >= 0.3 is 5.97 Å². The fourth-order valence-corrected chi connectivity index (χ4v) is 3.45. The van der Waals surface area contributed by atoms with Crippen LogP contribution in [0.5, 0.6) is 11.5 Å². The summed E-state index contributed by atoms with van der Waals surface area (Å²) in [4.78, 5) is 26.8. The molecule has 0 atom stereocenters. The van der Waals surface area contributed by atoms with E-state index in [4.69, 9.17) is 14.2 Å². The molecular formula is C22H22N4O6S. The van der Waals surface area contributed by atoms with Crippen molar-refractivity contribution in [3.8, 4) is 11.5 Å². The minimum absolute atomic E-state index is 0.0573. The van der Waals surface area contributed by atoms with Crippen LogP contribution in [-0.2, 0) is 22.6 Å². The van der Waals surface area contributed by atoms with Gasteiger partial charge in [-0.2, -0.15) is 5.10 Å². The summed E-state index contributed by atoms with van der Waals surface area (Å²) >= 11 is 1.25. The van der Waals surface area contributed by atoms with Crippen LogP contribution in [0.4, 0.5) is 10.8 Å². The van der Waals surface area contributed by atoms with Crippen molar-refractivity contribution in [2.75, 3.05) is 19.1 Å². The Kier molecular flexibility index (Phi) is 8.30. The van der Waals surface area contributed by atoms with Gasteiger partial charge in [0.15, 0.2) is 11.5 Å². The van der Waals surface area contributed by atoms with Crippen LogP contribution in [-0.4, -0.2) is 35.8 Å². The molecule has 0 aliphatic carbocycles. The van der Waals surface area contributed by atoms with Crippen molar-refractivity contribution in [1.29, 1.82) is 0 Å². The summed E-state index contributed by atoms with van der Waals surface area (Å²) in [5, 5.41) is 17.7. The average Bonchev–Trinajstić information content (AvgIpc) is 3.25. The molecule has 0 radical (unpaired) electrons. The van der Waals surface area contributed by atoms with E-state index in [-0.39, 0.29) is 36.0 Å². The summed E-state index contributed by atoms with van der Waals surface area (Å²) in [7, 11) is 1.42. The van der Waals surface area contributed by atoms with Crippen molar-refractivity contribution in [3.63, 3.8) is 0 Å². The Bertz CT molecular complexity index is 1130. The highest BCUT2D eigenvalue weighted by Gasteiger charge is 2.19. The van der Waals surface area contributed by atoms with E-state index in [1.807, 2.05) is 30.3 Å². The van der Waals surface area contributed by atoms with Crippen LogP contribution in [0.1, 0.15) is 23.7 Å². The third kappa shape index (κ3) is 6.74. The Hall–Kier alpha value is -3.99. The van der Waals surface area contributed by atoms with Crippen LogP contribution < -0.4 is 14.9 Å². The van der Waals surface area contributed by atoms with E-state index in [9.17, 15) is 14.9 Å². The number of ether oxygens (including phenoxy) is 3. The van der Waals surface area contributed by atoms with Crippen molar-refractivity contribution < 1.29 is 23.9 Å². The van der Waals surface area contributed by atoms with Crippen molar-refractivity contribution in [2.45, 2.75) is 20.0 Å². The zero-order valence-electron chi connectivity index (χ0n) is 18.0. The van der Waals surface area contributed by atoms with Gasteiger partial charge in [-0.3, -0.25) is 20.3 Å². The first-order chi connectivity index (χ1) is 16.0. The molecule has 0 bridgehead atoms. The molecule has 3 aromatic rings. The molecule has 1 N–H and O–H groups in total. The Morgan fingerprint density at radius 2 is 2.06 bits per heavy atom. The first-order valence-electron chi connectivity index (χ1n) is 9.92. The third-order valence-corrected chi connectivity index (χ3v) is 5.09. The van der Waals surface area contributed by atoms with Gasteiger partial charge in [-0.15, -0.1) is 11.3 Å². The second-order valence-electron chi connectivity index (χ2n) is 6.59. The fourth-order valence-electron chi connectivity index (χ4n) is 2.79. The predicted octanol–water partition coefficient (Wildman–Crippen LogP) is 4.19. The lowest BCUT2D eigenvalue weighted by Gasteiger charge is -2.12. The van der Waals surface area contributed by atoms with E-state index in [1.165, 1.54) is 36.8 Å². The maximum Gasteiger partial charge on any atom is 0.311 e. The number of methoxy groups -OCH3 is 1. The number of carbonyl (C=O) groups excluding carboxylic acids is 1. The number of carbonyl (C=O) groups is 1. The number of esters is 1. The average molecular weight is 471 g/mol. The van der Waals surface area contributed by atoms with Crippen molar-refractivity contribution in [1.82, 2.24) is 4.98 Å². The second-order valence-corrected chi connectivity index (χ2v) is 7.45. The number of hydrogen-bond acceptors (Lipinski definition) is 10. The quantitative estimate of drug-likeness (QED) is 0.191. The normalized spacial score (nSPS) is 10.7. The zero-order valence-corrected chi connectivity index (χ0v) is 18.8. The van der Waals surface area contributed by atoms with Crippen LogP contribution in [0.15, 0.2) is 52.9 Å². The molecule has 0 fully saturated rings. The van der Waals surface area contributed by atoms with E-state index >= 15 is 0 Å². The topological polar surface area (TPSA) is 125 Å². The predicted molar refractivity (Wildman–Crippen MR) is 124 cm³/mol. The molecule has 0 saturated carbocycles. The highest BCUT2D eigenvalue weighted by atomic mass is 32.1. The molecule has 10 nitrogen and oxygen atoms in total. The summed E-state index contributed by atoms with van der Waals surface area (Å²) in [6.45, 7) is 2.30. The first kappa shape index (κ1) is 23.7. The maximum absolute atomic E-state index is 11.6. The second kappa shape index (κ2) is 11.6. The Morgan fingerprint density at radius 3 is 2.76 bits per heavy atom. The fraction of sp³-hybridized carbons (Fsp3) is 0.227.